The second-order valence-corrected chi connectivity index (χ2v) is 5.75. The molecule has 0 unspecified atom stereocenters. The minimum absolute atomic E-state index is 0.642. The fourth-order valence-electron chi connectivity index (χ4n) is 2.09. The molecule has 0 aliphatic carbocycles. The molecule has 0 spiro atoms. The molecule has 4 nitrogen and oxygen atoms in total. The van der Waals surface area contributed by atoms with Crippen LogP contribution in [0.2, 0.25) is 0 Å². The molecule has 0 saturated heterocycles. The van der Waals surface area contributed by atoms with Crippen LogP contribution in [0.1, 0.15) is 11.3 Å². The number of aromatic nitrogens is 3. The van der Waals surface area contributed by atoms with Crippen LogP contribution < -0.4 is 5.32 Å². The summed E-state index contributed by atoms with van der Waals surface area (Å²) in [6.07, 6.45) is 1.78. The zero-order valence-electron chi connectivity index (χ0n) is 11.6. The Hall–Kier alpha value is -2.14. The van der Waals surface area contributed by atoms with E-state index in [2.05, 4.69) is 56.6 Å². The van der Waals surface area contributed by atoms with Gasteiger partial charge in [-0.3, -0.25) is 0 Å². The van der Waals surface area contributed by atoms with E-state index >= 15 is 0 Å². The first-order valence-corrected chi connectivity index (χ1v) is 7.48. The predicted molar refractivity (Wildman–Crippen MR) is 87.6 cm³/mol. The Morgan fingerprint density at radius 3 is 2.71 bits per heavy atom. The lowest BCUT2D eigenvalue weighted by molar-refractivity contribution is 0.740. The number of nitrogens with zero attached hydrogens (tertiary/aromatic N) is 3. The SMILES string of the molecule is Cc1cc(Br)cc(NCc2cnn(-c3ccccc3)n2)c1. The third-order valence-corrected chi connectivity index (χ3v) is 3.50. The van der Waals surface area contributed by atoms with Crippen molar-refractivity contribution in [2.24, 2.45) is 0 Å². The van der Waals surface area contributed by atoms with Crippen molar-refractivity contribution in [1.29, 1.82) is 0 Å². The van der Waals surface area contributed by atoms with E-state index in [1.54, 1.807) is 11.0 Å². The first kappa shape index (κ1) is 13.8. The van der Waals surface area contributed by atoms with Gasteiger partial charge in [-0.2, -0.15) is 15.0 Å². The van der Waals surface area contributed by atoms with Crippen molar-refractivity contribution in [3.63, 3.8) is 0 Å². The number of hydrogen-bond donors (Lipinski definition) is 1. The molecule has 0 aliphatic rings. The molecule has 3 rings (SSSR count). The van der Waals surface area contributed by atoms with Crippen LogP contribution in [0.4, 0.5) is 5.69 Å². The Kier molecular flexibility index (Phi) is 4.01. The van der Waals surface area contributed by atoms with E-state index in [9.17, 15) is 0 Å². The van der Waals surface area contributed by atoms with Gasteiger partial charge in [0.25, 0.3) is 0 Å². The van der Waals surface area contributed by atoms with Gasteiger partial charge in [0.15, 0.2) is 0 Å². The van der Waals surface area contributed by atoms with Crippen molar-refractivity contribution < 1.29 is 0 Å². The highest BCUT2D eigenvalue weighted by Gasteiger charge is 2.03. The highest BCUT2D eigenvalue weighted by molar-refractivity contribution is 9.10. The lowest BCUT2D eigenvalue weighted by Crippen LogP contribution is -2.02. The van der Waals surface area contributed by atoms with Crippen LogP contribution in [0.15, 0.2) is 59.2 Å². The average molecular weight is 343 g/mol. The molecule has 0 fully saturated rings. The lowest BCUT2D eigenvalue weighted by atomic mass is 10.2. The Morgan fingerprint density at radius 1 is 1.14 bits per heavy atom. The summed E-state index contributed by atoms with van der Waals surface area (Å²) in [4.78, 5) is 1.64. The number of benzene rings is 2. The largest absolute Gasteiger partial charge is 0.379 e. The molecule has 2 aromatic carbocycles. The van der Waals surface area contributed by atoms with Gasteiger partial charge in [0.05, 0.1) is 18.4 Å². The Morgan fingerprint density at radius 2 is 1.95 bits per heavy atom. The summed E-state index contributed by atoms with van der Waals surface area (Å²) < 4.78 is 1.07. The molecule has 0 saturated carbocycles. The topological polar surface area (TPSA) is 42.7 Å². The molecule has 0 amide bonds. The summed E-state index contributed by atoms with van der Waals surface area (Å²) in [7, 11) is 0. The van der Waals surface area contributed by atoms with Crippen LogP contribution >= 0.6 is 15.9 Å². The van der Waals surface area contributed by atoms with Crippen LogP contribution in [0.3, 0.4) is 0 Å². The molecule has 0 atom stereocenters. The van der Waals surface area contributed by atoms with Gasteiger partial charge in [-0.05, 0) is 42.8 Å². The first-order valence-electron chi connectivity index (χ1n) is 6.68. The van der Waals surface area contributed by atoms with Crippen molar-refractivity contribution in [2.75, 3.05) is 5.32 Å². The fourth-order valence-corrected chi connectivity index (χ4v) is 2.70. The monoisotopic (exact) mass is 342 g/mol. The van der Waals surface area contributed by atoms with Crippen molar-refractivity contribution in [1.82, 2.24) is 15.0 Å². The van der Waals surface area contributed by atoms with Crippen LogP contribution in [-0.4, -0.2) is 15.0 Å². The molecule has 21 heavy (non-hydrogen) atoms. The van der Waals surface area contributed by atoms with E-state index < -0.39 is 0 Å². The summed E-state index contributed by atoms with van der Waals surface area (Å²) >= 11 is 3.50. The minimum atomic E-state index is 0.642. The van der Waals surface area contributed by atoms with E-state index in [0.717, 1.165) is 21.5 Å². The maximum atomic E-state index is 4.47. The van der Waals surface area contributed by atoms with Gasteiger partial charge in [0.2, 0.25) is 0 Å². The minimum Gasteiger partial charge on any atom is -0.379 e. The Bertz CT molecular complexity index is 717. The maximum Gasteiger partial charge on any atom is 0.102 e. The van der Waals surface area contributed by atoms with E-state index in [1.165, 1.54) is 5.56 Å². The highest BCUT2D eigenvalue weighted by Crippen LogP contribution is 2.19. The number of aryl methyl sites for hydroxylation is 1. The van der Waals surface area contributed by atoms with Crippen molar-refractivity contribution in [2.45, 2.75) is 13.5 Å². The average Bonchev–Trinajstić information content (AvgIpc) is 2.94. The van der Waals surface area contributed by atoms with Crippen molar-refractivity contribution in [3.05, 3.63) is 70.5 Å². The van der Waals surface area contributed by atoms with Gasteiger partial charge in [-0.15, -0.1) is 0 Å². The van der Waals surface area contributed by atoms with Crippen LogP contribution in [0, 0.1) is 6.92 Å². The molecular weight excluding hydrogens is 328 g/mol. The molecule has 106 valence electrons. The van der Waals surface area contributed by atoms with Crippen LogP contribution in [0.25, 0.3) is 5.69 Å². The van der Waals surface area contributed by atoms with E-state index in [4.69, 9.17) is 0 Å². The number of halogens is 1. The van der Waals surface area contributed by atoms with E-state index in [0.29, 0.717) is 6.54 Å². The lowest BCUT2D eigenvalue weighted by Gasteiger charge is -2.06. The quantitative estimate of drug-likeness (QED) is 0.780. The molecular formula is C16H15BrN4. The number of rotatable bonds is 4. The second kappa shape index (κ2) is 6.10. The number of para-hydroxylation sites is 1. The van der Waals surface area contributed by atoms with Gasteiger partial charge in [0.1, 0.15) is 5.69 Å². The molecule has 0 radical (unpaired) electrons. The zero-order valence-corrected chi connectivity index (χ0v) is 13.2. The van der Waals surface area contributed by atoms with Crippen LogP contribution in [-0.2, 0) is 6.54 Å². The molecule has 1 N–H and O–H groups in total. The summed E-state index contributed by atoms with van der Waals surface area (Å²) in [5.74, 6) is 0. The molecule has 0 bridgehead atoms. The van der Waals surface area contributed by atoms with Gasteiger partial charge in [-0.25, -0.2) is 0 Å². The summed E-state index contributed by atoms with van der Waals surface area (Å²) in [5, 5.41) is 12.1. The van der Waals surface area contributed by atoms with Gasteiger partial charge in [0, 0.05) is 10.2 Å². The first-order chi connectivity index (χ1) is 10.2. The molecule has 1 heterocycles. The standard InChI is InChI=1S/C16H15BrN4/c1-12-7-13(17)9-14(8-12)18-10-15-11-19-21(20-15)16-5-3-2-4-6-16/h2-9,11,18H,10H2,1H3. The van der Waals surface area contributed by atoms with Crippen molar-refractivity contribution in [3.8, 4) is 5.69 Å². The van der Waals surface area contributed by atoms with Crippen molar-refractivity contribution >= 4 is 21.6 Å². The second-order valence-electron chi connectivity index (χ2n) is 4.83. The van der Waals surface area contributed by atoms with E-state index in [1.807, 2.05) is 30.3 Å². The van der Waals surface area contributed by atoms with Gasteiger partial charge < -0.3 is 5.32 Å². The predicted octanol–water partition coefficient (Wildman–Crippen LogP) is 3.95. The molecule has 5 heteroatoms. The third-order valence-electron chi connectivity index (χ3n) is 3.04. The number of hydrogen-bond acceptors (Lipinski definition) is 3. The zero-order chi connectivity index (χ0) is 14.7. The normalized spacial score (nSPS) is 10.6. The number of nitrogens with one attached hydrogen (secondary N) is 1. The maximum absolute atomic E-state index is 4.47. The summed E-state index contributed by atoms with van der Waals surface area (Å²) in [6, 6.07) is 16.1. The molecule has 1 aromatic heterocycles. The fraction of sp³-hybridized carbons (Fsp3) is 0.125. The van der Waals surface area contributed by atoms with Gasteiger partial charge in [-0.1, -0.05) is 34.1 Å². The Balaban J connectivity index is 1.70. The van der Waals surface area contributed by atoms with Crippen LogP contribution in [0.5, 0.6) is 0 Å². The van der Waals surface area contributed by atoms with Gasteiger partial charge >= 0.3 is 0 Å². The number of anilines is 1. The summed E-state index contributed by atoms with van der Waals surface area (Å²) in [5.41, 5.74) is 4.13. The highest BCUT2D eigenvalue weighted by atomic mass is 79.9. The summed E-state index contributed by atoms with van der Waals surface area (Å²) in [6.45, 7) is 2.71. The molecule has 3 aromatic rings. The Labute approximate surface area is 131 Å². The van der Waals surface area contributed by atoms with E-state index in [-0.39, 0.29) is 0 Å². The smallest absolute Gasteiger partial charge is 0.102 e. The molecule has 0 aliphatic heterocycles. The third kappa shape index (κ3) is 3.49.